The number of ether oxygens (including phenoxy) is 2. The molecule has 0 saturated heterocycles. The minimum absolute atomic E-state index is 0.516. The maximum absolute atomic E-state index is 6.75. The SMILES string of the molecule is NC1C=CC=C(c2ccccc2Oc2ccccc2)C1(N)Oc1ccccc1. The van der Waals surface area contributed by atoms with E-state index in [2.05, 4.69) is 0 Å². The average molecular weight is 370 g/mol. The van der Waals surface area contributed by atoms with Crippen molar-refractivity contribution < 1.29 is 9.47 Å². The molecule has 28 heavy (non-hydrogen) atoms. The summed E-state index contributed by atoms with van der Waals surface area (Å²) in [5, 5.41) is 0. The molecule has 0 bridgehead atoms. The van der Waals surface area contributed by atoms with Gasteiger partial charge in [0, 0.05) is 11.1 Å². The van der Waals surface area contributed by atoms with Crippen molar-refractivity contribution in [3.05, 3.63) is 109 Å². The maximum atomic E-state index is 6.75. The molecule has 0 radical (unpaired) electrons. The predicted molar refractivity (Wildman–Crippen MR) is 112 cm³/mol. The molecule has 0 spiro atoms. The van der Waals surface area contributed by atoms with Crippen LogP contribution in [0.2, 0.25) is 0 Å². The van der Waals surface area contributed by atoms with Crippen LogP contribution in [-0.2, 0) is 0 Å². The zero-order valence-corrected chi connectivity index (χ0v) is 15.4. The molecule has 1 aliphatic rings. The highest BCUT2D eigenvalue weighted by molar-refractivity contribution is 5.79. The maximum Gasteiger partial charge on any atom is 0.204 e. The number of para-hydroxylation sites is 3. The van der Waals surface area contributed by atoms with Crippen molar-refractivity contribution in [1.29, 1.82) is 0 Å². The minimum Gasteiger partial charge on any atom is -0.467 e. The van der Waals surface area contributed by atoms with E-state index in [1.807, 2.05) is 103 Å². The summed E-state index contributed by atoms with van der Waals surface area (Å²) in [4.78, 5) is 0. The van der Waals surface area contributed by atoms with Gasteiger partial charge in [-0.3, -0.25) is 5.73 Å². The van der Waals surface area contributed by atoms with Crippen molar-refractivity contribution in [1.82, 2.24) is 0 Å². The van der Waals surface area contributed by atoms with E-state index in [-0.39, 0.29) is 0 Å². The molecule has 0 amide bonds. The molecule has 0 saturated carbocycles. The zero-order chi connectivity index (χ0) is 19.4. The molecule has 0 aromatic heterocycles. The van der Waals surface area contributed by atoms with Crippen molar-refractivity contribution >= 4 is 5.57 Å². The van der Waals surface area contributed by atoms with E-state index in [4.69, 9.17) is 20.9 Å². The second kappa shape index (κ2) is 7.72. The van der Waals surface area contributed by atoms with E-state index >= 15 is 0 Å². The molecule has 1 aliphatic carbocycles. The summed E-state index contributed by atoms with van der Waals surface area (Å²) < 4.78 is 12.3. The fourth-order valence-electron chi connectivity index (χ4n) is 3.22. The Labute approximate surface area is 164 Å². The standard InChI is InChI=1S/C24H22N2O2/c25-23-17-9-15-21(24(23,26)28-19-12-5-2-6-13-19)20-14-7-8-16-22(20)27-18-10-3-1-4-11-18/h1-17,23H,25-26H2. The van der Waals surface area contributed by atoms with Gasteiger partial charge in [0.05, 0.1) is 6.04 Å². The number of benzene rings is 3. The molecule has 3 aromatic rings. The van der Waals surface area contributed by atoms with Gasteiger partial charge in [-0.15, -0.1) is 0 Å². The van der Waals surface area contributed by atoms with Crippen molar-refractivity contribution in [2.75, 3.05) is 0 Å². The predicted octanol–water partition coefficient (Wildman–Crippen LogP) is 4.49. The van der Waals surface area contributed by atoms with E-state index in [1.165, 1.54) is 0 Å². The number of hydrogen-bond donors (Lipinski definition) is 2. The number of allylic oxidation sites excluding steroid dienone is 2. The van der Waals surface area contributed by atoms with Crippen LogP contribution in [0.1, 0.15) is 5.56 Å². The Kier molecular flexibility index (Phi) is 4.98. The van der Waals surface area contributed by atoms with Gasteiger partial charge < -0.3 is 15.2 Å². The van der Waals surface area contributed by atoms with Gasteiger partial charge >= 0.3 is 0 Å². The summed E-state index contributed by atoms with van der Waals surface area (Å²) in [6, 6.07) is 26.3. The van der Waals surface area contributed by atoms with Crippen LogP contribution in [0.3, 0.4) is 0 Å². The molecule has 0 heterocycles. The van der Waals surface area contributed by atoms with E-state index in [0.717, 1.165) is 16.9 Å². The summed E-state index contributed by atoms with van der Waals surface area (Å²) in [6.45, 7) is 0. The van der Waals surface area contributed by atoms with Crippen molar-refractivity contribution in [3.63, 3.8) is 0 Å². The molecule has 140 valence electrons. The quantitative estimate of drug-likeness (QED) is 0.649. The second-order valence-corrected chi connectivity index (χ2v) is 6.61. The minimum atomic E-state index is -1.23. The third kappa shape index (κ3) is 3.56. The Morgan fingerprint density at radius 2 is 1.36 bits per heavy atom. The fourth-order valence-corrected chi connectivity index (χ4v) is 3.22. The van der Waals surface area contributed by atoms with Crippen molar-refractivity contribution in [2.45, 2.75) is 11.8 Å². The van der Waals surface area contributed by atoms with Crippen molar-refractivity contribution in [2.24, 2.45) is 11.5 Å². The molecule has 2 atom stereocenters. The van der Waals surface area contributed by atoms with E-state index in [9.17, 15) is 0 Å². The highest BCUT2D eigenvalue weighted by Crippen LogP contribution is 2.39. The first-order valence-corrected chi connectivity index (χ1v) is 9.16. The Balaban J connectivity index is 1.74. The van der Waals surface area contributed by atoms with Crippen LogP contribution in [0.4, 0.5) is 0 Å². The average Bonchev–Trinajstić information content (AvgIpc) is 2.72. The van der Waals surface area contributed by atoms with Crippen LogP contribution < -0.4 is 20.9 Å². The second-order valence-electron chi connectivity index (χ2n) is 6.61. The van der Waals surface area contributed by atoms with Gasteiger partial charge in [-0.2, -0.15) is 0 Å². The zero-order valence-electron chi connectivity index (χ0n) is 15.4. The van der Waals surface area contributed by atoms with Gasteiger partial charge in [0.25, 0.3) is 0 Å². The summed E-state index contributed by atoms with van der Waals surface area (Å²) >= 11 is 0. The summed E-state index contributed by atoms with van der Waals surface area (Å²) in [5.74, 6) is 2.09. The lowest BCUT2D eigenvalue weighted by molar-refractivity contribution is 0.122. The largest absolute Gasteiger partial charge is 0.467 e. The molecular formula is C24H22N2O2. The third-order valence-corrected chi connectivity index (χ3v) is 4.68. The topological polar surface area (TPSA) is 70.5 Å². The van der Waals surface area contributed by atoms with Crippen LogP contribution in [0, 0.1) is 0 Å². The number of hydrogen-bond acceptors (Lipinski definition) is 4. The smallest absolute Gasteiger partial charge is 0.204 e. The molecule has 2 unspecified atom stereocenters. The van der Waals surface area contributed by atoms with Crippen LogP contribution in [0.15, 0.2) is 103 Å². The molecule has 4 N–H and O–H groups in total. The first-order chi connectivity index (χ1) is 13.7. The molecule has 0 fully saturated rings. The lowest BCUT2D eigenvalue weighted by Crippen LogP contribution is -2.60. The number of nitrogens with two attached hydrogens (primary N) is 2. The van der Waals surface area contributed by atoms with Crippen LogP contribution in [0.25, 0.3) is 5.57 Å². The van der Waals surface area contributed by atoms with E-state index in [1.54, 1.807) is 0 Å². The first-order valence-electron chi connectivity index (χ1n) is 9.16. The molecule has 4 rings (SSSR count). The highest BCUT2D eigenvalue weighted by atomic mass is 16.5. The monoisotopic (exact) mass is 370 g/mol. The number of rotatable bonds is 5. The lowest BCUT2D eigenvalue weighted by Gasteiger charge is -2.38. The molecule has 4 nitrogen and oxygen atoms in total. The Hall–Kier alpha value is -3.34. The lowest BCUT2D eigenvalue weighted by atomic mass is 9.85. The summed E-state index contributed by atoms with van der Waals surface area (Å²) in [7, 11) is 0. The molecule has 4 heteroatoms. The van der Waals surface area contributed by atoms with E-state index in [0.29, 0.717) is 11.5 Å². The van der Waals surface area contributed by atoms with Crippen LogP contribution >= 0.6 is 0 Å². The summed E-state index contributed by atoms with van der Waals surface area (Å²) in [5.41, 5.74) is 13.5. The fraction of sp³-hybridized carbons (Fsp3) is 0.0833. The van der Waals surface area contributed by atoms with E-state index < -0.39 is 11.8 Å². The molecule has 3 aromatic carbocycles. The van der Waals surface area contributed by atoms with Crippen molar-refractivity contribution in [3.8, 4) is 17.2 Å². The normalized spacial score (nSPS) is 21.1. The highest BCUT2D eigenvalue weighted by Gasteiger charge is 2.41. The van der Waals surface area contributed by atoms with Crippen LogP contribution in [0.5, 0.6) is 17.2 Å². The van der Waals surface area contributed by atoms with Gasteiger partial charge in [0.2, 0.25) is 5.72 Å². The Morgan fingerprint density at radius 3 is 2.07 bits per heavy atom. The van der Waals surface area contributed by atoms with Gasteiger partial charge in [0.1, 0.15) is 17.2 Å². The van der Waals surface area contributed by atoms with Gasteiger partial charge in [-0.1, -0.05) is 72.8 Å². The third-order valence-electron chi connectivity index (χ3n) is 4.68. The van der Waals surface area contributed by atoms with Gasteiger partial charge in [-0.25, -0.2) is 0 Å². The molecule has 0 aliphatic heterocycles. The van der Waals surface area contributed by atoms with Crippen LogP contribution in [-0.4, -0.2) is 11.8 Å². The summed E-state index contributed by atoms with van der Waals surface area (Å²) in [6.07, 6.45) is 5.67. The Bertz CT molecular complexity index is 999. The van der Waals surface area contributed by atoms with Gasteiger partial charge in [-0.05, 0) is 30.3 Å². The Morgan fingerprint density at radius 1 is 0.750 bits per heavy atom. The molecular weight excluding hydrogens is 348 g/mol. The first kappa shape index (κ1) is 18.0. The van der Waals surface area contributed by atoms with Gasteiger partial charge in [0.15, 0.2) is 0 Å².